The minimum atomic E-state index is -2.28. The van der Waals surface area contributed by atoms with E-state index in [2.05, 4.69) is 0 Å². The van der Waals surface area contributed by atoms with Gasteiger partial charge in [-0.3, -0.25) is 15.0 Å². The third-order valence-corrected chi connectivity index (χ3v) is 11.2. The summed E-state index contributed by atoms with van der Waals surface area (Å²) in [5.41, 5.74) is 7.94. The van der Waals surface area contributed by atoms with Crippen molar-refractivity contribution in [1.82, 2.24) is 5.43 Å². The summed E-state index contributed by atoms with van der Waals surface area (Å²) in [6.45, 7) is 3.20. The number of ether oxygens (including phenoxy) is 4. The van der Waals surface area contributed by atoms with Crippen LogP contribution in [0.4, 0.5) is 0 Å². The number of carbonyl (C=O) groups is 2. The van der Waals surface area contributed by atoms with Crippen molar-refractivity contribution >= 4 is 11.9 Å². The molecule has 3 heterocycles. The van der Waals surface area contributed by atoms with Crippen molar-refractivity contribution in [3.05, 3.63) is 85.1 Å². The van der Waals surface area contributed by atoms with Crippen molar-refractivity contribution in [2.75, 3.05) is 6.61 Å². The molecule has 0 aromatic rings. The zero-order chi connectivity index (χ0) is 47.4. The first-order valence-electron chi connectivity index (χ1n) is 21.8. The van der Waals surface area contributed by atoms with Crippen LogP contribution in [0.1, 0.15) is 71.6 Å². The minimum absolute atomic E-state index is 0.0951. The van der Waals surface area contributed by atoms with Crippen molar-refractivity contribution in [3.63, 3.8) is 0 Å². The van der Waals surface area contributed by atoms with E-state index < -0.39 is 135 Å². The molecule has 15 N–H and O–H groups in total. The summed E-state index contributed by atoms with van der Waals surface area (Å²) in [6, 6.07) is -1.11. The van der Waals surface area contributed by atoms with E-state index >= 15 is 0 Å². The van der Waals surface area contributed by atoms with Gasteiger partial charge in [-0.15, -0.1) is 0 Å². The Balaban J connectivity index is 1.85. The van der Waals surface area contributed by atoms with E-state index in [0.717, 1.165) is 0 Å². The summed E-state index contributed by atoms with van der Waals surface area (Å²) < 4.78 is 23.0. The molecule has 2 bridgehead atoms. The Labute approximate surface area is 374 Å². The second kappa shape index (κ2) is 27.9. The van der Waals surface area contributed by atoms with Gasteiger partial charge < -0.3 is 75.7 Å². The number of fused-ring (bicyclic) bond motifs is 2. The Morgan fingerprint density at radius 2 is 1.30 bits per heavy atom. The van der Waals surface area contributed by atoms with Crippen molar-refractivity contribution in [1.29, 1.82) is 0 Å². The van der Waals surface area contributed by atoms with Crippen LogP contribution in [0.25, 0.3) is 0 Å². The Morgan fingerprint density at radius 1 is 0.703 bits per heavy atom. The molecule has 3 aliphatic rings. The number of cyclic esters (lactones) is 1. The van der Waals surface area contributed by atoms with E-state index in [-0.39, 0.29) is 44.6 Å². The van der Waals surface area contributed by atoms with Gasteiger partial charge in [-0.05, 0) is 26.2 Å². The number of rotatable bonds is 3. The second-order valence-corrected chi connectivity index (χ2v) is 16.9. The van der Waals surface area contributed by atoms with Crippen LogP contribution in [-0.2, 0) is 28.5 Å². The molecule has 19 heteroatoms. The smallest absolute Gasteiger partial charge is 0.308 e. The van der Waals surface area contributed by atoms with Crippen molar-refractivity contribution in [2.45, 2.75) is 163 Å². The number of carbonyl (C=O) groups excluding carboxylic acids is 2. The lowest BCUT2D eigenvalue weighted by Crippen LogP contribution is -2.60. The molecule has 362 valence electrons. The van der Waals surface area contributed by atoms with Gasteiger partial charge in [-0.1, -0.05) is 92.0 Å². The van der Waals surface area contributed by atoms with Gasteiger partial charge in [0.2, 0.25) is 5.91 Å². The van der Waals surface area contributed by atoms with E-state index in [1.807, 2.05) is 30.6 Å². The first-order chi connectivity index (χ1) is 30.3. The number of allylic oxidation sites excluding steroid dienone is 12. The molecular weight excluding hydrogens is 838 g/mol. The van der Waals surface area contributed by atoms with E-state index in [4.69, 9.17) is 30.5 Å². The summed E-state index contributed by atoms with van der Waals surface area (Å²) in [6.07, 6.45) is 5.43. The molecule has 0 aromatic heterocycles. The Hall–Kier alpha value is -3.48. The van der Waals surface area contributed by atoms with Crippen molar-refractivity contribution in [3.8, 4) is 0 Å². The number of esters is 1. The number of nitrogens with two attached hydrogens (primary N) is 2. The number of aliphatic hydroxyl groups excluding tert-OH is 9. The van der Waals surface area contributed by atoms with Crippen LogP contribution >= 0.6 is 0 Å². The fourth-order valence-corrected chi connectivity index (χ4v) is 7.61. The van der Waals surface area contributed by atoms with Crippen LogP contribution in [0.5, 0.6) is 0 Å². The average molecular weight is 910 g/mol. The number of hydrazine groups is 1. The third-order valence-electron chi connectivity index (χ3n) is 11.2. The lowest BCUT2D eigenvalue weighted by Gasteiger charge is -2.45. The molecule has 0 saturated carbocycles. The maximum absolute atomic E-state index is 13.0. The summed E-state index contributed by atoms with van der Waals surface area (Å²) >= 11 is 0. The molecular formula is C45H71N3O16. The number of amides is 1. The van der Waals surface area contributed by atoms with Gasteiger partial charge in [0.05, 0.1) is 86.0 Å². The highest BCUT2D eigenvalue weighted by molar-refractivity contribution is 5.79. The van der Waals surface area contributed by atoms with Crippen LogP contribution in [0.15, 0.2) is 85.1 Å². The van der Waals surface area contributed by atoms with Crippen molar-refractivity contribution < 1.29 is 79.6 Å². The van der Waals surface area contributed by atoms with Gasteiger partial charge in [-0.2, -0.15) is 0 Å². The van der Waals surface area contributed by atoms with E-state index in [0.29, 0.717) is 0 Å². The van der Waals surface area contributed by atoms with E-state index in [1.54, 1.807) is 73.8 Å². The number of aliphatic hydroxyl groups is 10. The summed E-state index contributed by atoms with van der Waals surface area (Å²) in [7, 11) is 0. The van der Waals surface area contributed by atoms with Crippen LogP contribution in [0.2, 0.25) is 0 Å². The van der Waals surface area contributed by atoms with Gasteiger partial charge in [0.15, 0.2) is 12.1 Å². The van der Waals surface area contributed by atoms with Crippen molar-refractivity contribution in [2.24, 2.45) is 23.4 Å². The SMILES string of the molecule is C[C@H]1C[C@H](O)[C@@H](C)/C=C/C=C/C=C/C=C/C=C/C=C/C=C/C(O[C@@H]2OC[C@@H](O)[C@H](N)[C@@H]2O)C[C@@H]2OC(O)(CC(O)CC(O)C(O)CCC(O)CC(O)CC(=O)O1)C[C@H](O)[C@H]2C(=O)NN. The highest BCUT2D eigenvalue weighted by atomic mass is 16.7. The Bertz CT molecular complexity index is 1620. The third kappa shape index (κ3) is 19.2. The number of hydrogen-bond acceptors (Lipinski definition) is 18. The predicted octanol–water partition coefficient (Wildman–Crippen LogP) is -1.02. The fourth-order valence-electron chi connectivity index (χ4n) is 7.61. The number of hydrogen-bond donors (Lipinski definition) is 13. The van der Waals surface area contributed by atoms with Gasteiger partial charge >= 0.3 is 5.97 Å². The normalized spacial score (nSPS) is 43.6. The standard InChI is InChI=1S/C45H71N3O16/c1-27-15-13-11-9-7-5-3-4-6-8-10-12-14-16-32(63-44-42(58)41(46)37(56)26-61-44)23-38-40(43(59)48-47)36(55)25-45(60,64-38)24-31(51)21-35(54)33(52)18-17-29(49)20-30(50)22-39(57)62-28(2)19-34(27)53/h3-16,27-38,40-42,44,49-56,58,60H,17-26,46-47H2,1-2H3,(H,48,59)/b4-3+,7-5+,8-6+,11-9+,12-10+,15-13+,16-14+/t27-,28-,29?,30?,31?,32?,33?,34-,35?,36-,37+,38-,40+,41-,42-,44-,45?/m0/s1. The molecule has 1 amide bonds. The van der Waals surface area contributed by atoms with E-state index in [1.165, 1.54) is 0 Å². The zero-order valence-electron chi connectivity index (χ0n) is 36.5. The molecule has 3 rings (SSSR count). The van der Waals surface area contributed by atoms with Crippen LogP contribution in [-0.4, -0.2) is 161 Å². The summed E-state index contributed by atoms with van der Waals surface area (Å²) in [5, 5.41) is 108. The Morgan fingerprint density at radius 3 is 1.91 bits per heavy atom. The molecule has 0 aromatic carbocycles. The summed E-state index contributed by atoms with van der Waals surface area (Å²) in [4.78, 5) is 25.5. The van der Waals surface area contributed by atoms with Crippen LogP contribution in [0, 0.1) is 11.8 Å². The zero-order valence-corrected chi connectivity index (χ0v) is 36.5. The average Bonchev–Trinajstić information content (AvgIpc) is 3.21. The molecule has 17 atom stereocenters. The molecule has 2 fully saturated rings. The summed E-state index contributed by atoms with van der Waals surface area (Å²) in [5.74, 6) is 0.00588. The van der Waals surface area contributed by atoms with Gasteiger partial charge in [0.1, 0.15) is 12.2 Å². The fraction of sp³-hybridized carbons (Fsp3) is 0.644. The monoisotopic (exact) mass is 909 g/mol. The Kier molecular flexibility index (Phi) is 23.9. The molecule has 7 unspecified atom stereocenters. The first-order valence-corrected chi connectivity index (χ1v) is 21.8. The van der Waals surface area contributed by atoms with Gasteiger partial charge in [0.25, 0.3) is 0 Å². The van der Waals surface area contributed by atoms with Gasteiger partial charge in [0, 0.05) is 38.0 Å². The lowest BCUT2D eigenvalue weighted by molar-refractivity contribution is -0.304. The molecule has 2 saturated heterocycles. The topological polar surface area (TPSA) is 337 Å². The molecule has 3 aliphatic heterocycles. The number of nitrogens with one attached hydrogen (secondary N) is 1. The highest BCUT2D eigenvalue weighted by Gasteiger charge is 2.50. The minimum Gasteiger partial charge on any atom is -0.462 e. The molecule has 0 aliphatic carbocycles. The van der Waals surface area contributed by atoms with Crippen LogP contribution < -0.4 is 17.0 Å². The van der Waals surface area contributed by atoms with E-state index in [9.17, 15) is 60.7 Å². The highest BCUT2D eigenvalue weighted by Crippen LogP contribution is 2.38. The van der Waals surface area contributed by atoms with Gasteiger partial charge in [-0.25, -0.2) is 5.84 Å². The lowest BCUT2D eigenvalue weighted by atomic mass is 9.82. The maximum atomic E-state index is 13.0. The molecule has 0 radical (unpaired) electrons. The molecule has 64 heavy (non-hydrogen) atoms. The first kappa shape index (κ1) is 54.9. The largest absolute Gasteiger partial charge is 0.462 e. The molecule has 0 spiro atoms. The predicted molar refractivity (Wildman–Crippen MR) is 233 cm³/mol. The second-order valence-electron chi connectivity index (χ2n) is 16.9. The van der Waals surface area contributed by atoms with Crippen LogP contribution in [0.3, 0.4) is 0 Å². The molecule has 19 nitrogen and oxygen atoms in total. The quantitative estimate of drug-likeness (QED) is 0.0698. The maximum Gasteiger partial charge on any atom is 0.308 e.